The summed E-state index contributed by atoms with van der Waals surface area (Å²) in [5.74, 6) is 0. The minimum Gasteiger partial charge on any atom is -0.381 e. The SMILES string of the molecule is CC1CC(Nc2ccc(N3CCOCC3)cc2)CN1C. The van der Waals surface area contributed by atoms with Crippen molar-refractivity contribution < 1.29 is 4.74 Å². The van der Waals surface area contributed by atoms with Crippen molar-refractivity contribution in [3.8, 4) is 0 Å². The van der Waals surface area contributed by atoms with E-state index < -0.39 is 0 Å². The van der Waals surface area contributed by atoms with Gasteiger partial charge in [-0.3, -0.25) is 0 Å². The molecule has 110 valence electrons. The first-order valence-electron chi connectivity index (χ1n) is 7.62. The van der Waals surface area contributed by atoms with Crippen molar-refractivity contribution in [2.45, 2.75) is 25.4 Å². The summed E-state index contributed by atoms with van der Waals surface area (Å²) in [6.45, 7) is 7.10. The van der Waals surface area contributed by atoms with Crippen LogP contribution < -0.4 is 10.2 Å². The lowest BCUT2D eigenvalue weighted by molar-refractivity contribution is 0.122. The van der Waals surface area contributed by atoms with Gasteiger partial charge in [0.25, 0.3) is 0 Å². The molecular formula is C16H25N3O. The molecule has 2 atom stereocenters. The molecule has 3 rings (SSSR count). The van der Waals surface area contributed by atoms with Crippen LogP contribution in [0.25, 0.3) is 0 Å². The molecule has 2 saturated heterocycles. The minimum absolute atomic E-state index is 0.573. The van der Waals surface area contributed by atoms with Crippen LogP contribution in [0.1, 0.15) is 13.3 Å². The molecule has 0 bridgehead atoms. The van der Waals surface area contributed by atoms with E-state index in [0.717, 1.165) is 32.8 Å². The van der Waals surface area contributed by atoms with Crippen molar-refractivity contribution >= 4 is 11.4 Å². The first-order valence-corrected chi connectivity index (χ1v) is 7.62. The van der Waals surface area contributed by atoms with Gasteiger partial charge in [0.1, 0.15) is 0 Å². The Balaban J connectivity index is 1.58. The first kappa shape index (κ1) is 13.7. The number of nitrogens with zero attached hydrogens (tertiary/aromatic N) is 2. The second-order valence-electron chi connectivity index (χ2n) is 6.01. The van der Waals surface area contributed by atoms with Gasteiger partial charge < -0.3 is 19.9 Å². The smallest absolute Gasteiger partial charge is 0.0642 e. The lowest BCUT2D eigenvalue weighted by atomic mass is 10.1. The van der Waals surface area contributed by atoms with Crippen molar-refractivity contribution in [1.29, 1.82) is 0 Å². The molecular weight excluding hydrogens is 250 g/mol. The molecule has 2 heterocycles. The molecule has 0 aromatic heterocycles. The van der Waals surface area contributed by atoms with Gasteiger partial charge in [-0.25, -0.2) is 0 Å². The number of benzene rings is 1. The van der Waals surface area contributed by atoms with Crippen molar-refractivity contribution in [3.63, 3.8) is 0 Å². The van der Waals surface area contributed by atoms with Crippen LogP contribution in [0, 0.1) is 0 Å². The van der Waals surface area contributed by atoms with Gasteiger partial charge in [-0.2, -0.15) is 0 Å². The summed E-state index contributed by atoms with van der Waals surface area (Å²) in [4.78, 5) is 4.80. The maximum absolute atomic E-state index is 5.40. The molecule has 1 N–H and O–H groups in total. The predicted octanol–water partition coefficient (Wildman–Crippen LogP) is 2.03. The number of anilines is 2. The van der Waals surface area contributed by atoms with E-state index in [9.17, 15) is 0 Å². The van der Waals surface area contributed by atoms with E-state index in [1.165, 1.54) is 17.8 Å². The lowest BCUT2D eigenvalue weighted by Crippen LogP contribution is -2.36. The van der Waals surface area contributed by atoms with Crippen LogP contribution in [0.4, 0.5) is 11.4 Å². The minimum atomic E-state index is 0.573. The molecule has 0 aliphatic carbocycles. The molecule has 20 heavy (non-hydrogen) atoms. The van der Waals surface area contributed by atoms with Crippen LogP contribution >= 0.6 is 0 Å². The zero-order valence-electron chi connectivity index (χ0n) is 12.5. The Bertz CT molecular complexity index is 418. The largest absolute Gasteiger partial charge is 0.381 e. The number of morpholine rings is 1. The van der Waals surface area contributed by atoms with Gasteiger partial charge in [0.2, 0.25) is 0 Å². The number of ether oxygens (including phenoxy) is 1. The fraction of sp³-hybridized carbons (Fsp3) is 0.625. The van der Waals surface area contributed by atoms with E-state index in [4.69, 9.17) is 4.74 Å². The Morgan fingerprint density at radius 1 is 1.15 bits per heavy atom. The van der Waals surface area contributed by atoms with E-state index in [0.29, 0.717) is 12.1 Å². The number of likely N-dealkylation sites (tertiary alicyclic amines) is 1. The second kappa shape index (κ2) is 6.02. The molecule has 1 aromatic carbocycles. The fourth-order valence-electron chi connectivity index (χ4n) is 3.12. The maximum atomic E-state index is 5.40. The van der Waals surface area contributed by atoms with Crippen molar-refractivity contribution in [2.75, 3.05) is 50.1 Å². The molecule has 2 aliphatic rings. The summed E-state index contributed by atoms with van der Waals surface area (Å²) in [5, 5.41) is 3.65. The Labute approximate surface area is 121 Å². The number of likely N-dealkylation sites (N-methyl/N-ethyl adjacent to an activating group) is 1. The number of hydrogen-bond donors (Lipinski definition) is 1. The Hall–Kier alpha value is -1.26. The van der Waals surface area contributed by atoms with Crippen molar-refractivity contribution in [1.82, 2.24) is 4.90 Å². The molecule has 0 spiro atoms. The third-order valence-electron chi connectivity index (χ3n) is 4.50. The quantitative estimate of drug-likeness (QED) is 0.913. The molecule has 0 radical (unpaired) electrons. The van der Waals surface area contributed by atoms with Gasteiger partial charge in [0.05, 0.1) is 13.2 Å². The van der Waals surface area contributed by atoms with E-state index in [-0.39, 0.29) is 0 Å². The fourth-order valence-corrected chi connectivity index (χ4v) is 3.12. The highest BCUT2D eigenvalue weighted by Crippen LogP contribution is 2.22. The van der Waals surface area contributed by atoms with Gasteiger partial charge in [-0.1, -0.05) is 0 Å². The molecule has 4 heteroatoms. The molecule has 2 unspecified atom stereocenters. The molecule has 0 amide bonds. The molecule has 0 saturated carbocycles. The van der Waals surface area contributed by atoms with Crippen LogP contribution in [0.3, 0.4) is 0 Å². The van der Waals surface area contributed by atoms with Gasteiger partial charge in [-0.05, 0) is 44.7 Å². The topological polar surface area (TPSA) is 27.7 Å². The summed E-state index contributed by atoms with van der Waals surface area (Å²) in [7, 11) is 2.20. The van der Waals surface area contributed by atoms with E-state index in [2.05, 4.69) is 53.4 Å². The van der Waals surface area contributed by atoms with Gasteiger partial charge in [0.15, 0.2) is 0 Å². The van der Waals surface area contributed by atoms with Crippen LogP contribution in [0.5, 0.6) is 0 Å². The second-order valence-corrected chi connectivity index (χ2v) is 6.01. The zero-order chi connectivity index (χ0) is 13.9. The predicted molar refractivity (Wildman–Crippen MR) is 83.6 cm³/mol. The van der Waals surface area contributed by atoms with E-state index in [1.54, 1.807) is 0 Å². The van der Waals surface area contributed by atoms with E-state index in [1.807, 2.05) is 0 Å². The highest BCUT2D eigenvalue weighted by Gasteiger charge is 2.25. The molecule has 2 fully saturated rings. The normalized spacial score (nSPS) is 27.8. The summed E-state index contributed by atoms with van der Waals surface area (Å²) in [6.07, 6.45) is 1.22. The maximum Gasteiger partial charge on any atom is 0.0642 e. The first-order chi connectivity index (χ1) is 9.72. The van der Waals surface area contributed by atoms with Crippen molar-refractivity contribution in [3.05, 3.63) is 24.3 Å². The number of nitrogens with one attached hydrogen (secondary N) is 1. The number of hydrogen-bond acceptors (Lipinski definition) is 4. The average molecular weight is 275 g/mol. The van der Waals surface area contributed by atoms with Crippen LogP contribution in [-0.4, -0.2) is 56.9 Å². The van der Waals surface area contributed by atoms with Gasteiger partial charge in [0, 0.05) is 43.1 Å². The summed E-state index contributed by atoms with van der Waals surface area (Å²) < 4.78 is 5.40. The highest BCUT2D eigenvalue weighted by atomic mass is 16.5. The Kier molecular flexibility index (Phi) is 4.13. The number of rotatable bonds is 3. The average Bonchev–Trinajstić information content (AvgIpc) is 2.79. The van der Waals surface area contributed by atoms with Crippen molar-refractivity contribution in [2.24, 2.45) is 0 Å². The van der Waals surface area contributed by atoms with Gasteiger partial charge in [-0.15, -0.1) is 0 Å². The standard InChI is InChI=1S/C16H25N3O/c1-13-11-15(12-18(13)2)17-14-3-5-16(6-4-14)19-7-9-20-10-8-19/h3-6,13,15,17H,7-12H2,1-2H3. The highest BCUT2D eigenvalue weighted by molar-refractivity contribution is 5.55. The molecule has 2 aliphatic heterocycles. The molecule has 4 nitrogen and oxygen atoms in total. The summed E-state index contributed by atoms with van der Waals surface area (Å²) >= 11 is 0. The van der Waals surface area contributed by atoms with Gasteiger partial charge >= 0.3 is 0 Å². The zero-order valence-corrected chi connectivity index (χ0v) is 12.5. The Morgan fingerprint density at radius 2 is 1.85 bits per heavy atom. The monoisotopic (exact) mass is 275 g/mol. The van der Waals surface area contributed by atoms with Crippen LogP contribution in [0.15, 0.2) is 24.3 Å². The summed E-state index contributed by atoms with van der Waals surface area (Å²) in [6, 6.07) is 10.1. The summed E-state index contributed by atoms with van der Waals surface area (Å²) in [5.41, 5.74) is 2.53. The third kappa shape index (κ3) is 3.07. The lowest BCUT2D eigenvalue weighted by Gasteiger charge is -2.29. The van der Waals surface area contributed by atoms with Crippen LogP contribution in [0.2, 0.25) is 0 Å². The molecule has 1 aromatic rings. The van der Waals surface area contributed by atoms with E-state index >= 15 is 0 Å². The Morgan fingerprint density at radius 3 is 2.45 bits per heavy atom. The third-order valence-corrected chi connectivity index (χ3v) is 4.50. The van der Waals surface area contributed by atoms with Crippen LogP contribution in [-0.2, 0) is 4.74 Å².